The van der Waals surface area contributed by atoms with Gasteiger partial charge in [-0.3, -0.25) is 17.3 Å². The van der Waals surface area contributed by atoms with Gasteiger partial charge in [-0.25, -0.2) is 4.18 Å². The fourth-order valence-corrected chi connectivity index (χ4v) is 3.55. The highest BCUT2D eigenvalue weighted by Gasteiger charge is 2.26. The molecule has 1 N–H and O–H groups in total. The molecule has 0 saturated heterocycles. The lowest BCUT2D eigenvalue weighted by Gasteiger charge is -2.38. The predicted molar refractivity (Wildman–Crippen MR) is 114 cm³/mol. The summed E-state index contributed by atoms with van der Waals surface area (Å²) >= 11 is -1.73. The Morgan fingerprint density at radius 1 is 0.967 bits per heavy atom. The van der Waals surface area contributed by atoms with E-state index >= 15 is 0 Å². The predicted octanol–water partition coefficient (Wildman–Crippen LogP) is -0.425. The zero-order valence-corrected chi connectivity index (χ0v) is 20.7. The zero-order chi connectivity index (χ0) is 23.3. The smallest absolute Gasteiger partial charge is 0.351 e. The first kappa shape index (κ1) is 29.3. The van der Waals surface area contributed by atoms with Crippen molar-refractivity contribution in [1.29, 1.82) is 0 Å². The minimum absolute atomic E-state index is 0.0671. The maximum absolute atomic E-state index is 11.2. The quantitative estimate of drug-likeness (QED) is 0.209. The van der Waals surface area contributed by atoms with Gasteiger partial charge in [-0.05, 0) is 0 Å². The number of nitrogens with one attached hydrogen (secondary N) is 1. The minimum atomic E-state index is -3.90. The van der Waals surface area contributed by atoms with E-state index in [0.717, 1.165) is 39.8 Å². The standard InChI is InChI=1S/C17H38N3O8S2/c1-17(21)18-9-12-20(4,11-8-15-27-29(22)25-5)14-13-19(2,3)10-7-16-28-30(23,24)26-6/h7-16H2,1-6H3/q+1/p+1. The van der Waals surface area contributed by atoms with E-state index in [4.69, 9.17) is 8.37 Å². The molecule has 0 rings (SSSR count). The van der Waals surface area contributed by atoms with Gasteiger partial charge < -0.3 is 14.3 Å². The summed E-state index contributed by atoms with van der Waals surface area (Å²) < 4.78 is 53.6. The molecule has 1 amide bonds. The molecular formula is C17H39N3O8S2+2. The van der Waals surface area contributed by atoms with Gasteiger partial charge in [0, 0.05) is 19.8 Å². The summed E-state index contributed by atoms with van der Waals surface area (Å²) in [5, 5.41) is 2.83. The molecule has 0 bridgehead atoms. The number of carbonyl (C=O) groups is 1. The van der Waals surface area contributed by atoms with Gasteiger partial charge in [-0.15, -0.1) is 0 Å². The number of amides is 1. The zero-order valence-electron chi connectivity index (χ0n) is 19.0. The lowest BCUT2D eigenvalue weighted by molar-refractivity contribution is -0.955. The third kappa shape index (κ3) is 15.2. The second-order valence-electron chi connectivity index (χ2n) is 7.95. The van der Waals surface area contributed by atoms with E-state index in [0.29, 0.717) is 35.0 Å². The molecule has 0 aliphatic rings. The van der Waals surface area contributed by atoms with Crippen LogP contribution in [0.1, 0.15) is 19.8 Å². The van der Waals surface area contributed by atoms with Crippen LogP contribution >= 0.6 is 0 Å². The van der Waals surface area contributed by atoms with E-state index in [1.165, 1.54) is 14.0 Å². The van der Waals surface area contributed by atoms with Crippen LogP contribution in [0.15, 0.2) is 0 Å². The van der Waals surface area contributed by atoms with E-state index in [2.05, 4.69) is 34.8 Å². The molecule has 0 heterocycles. The summed E-state index contributed by atoms with van der Waals surface area (Å²) in [6.45, 7) is 6.41. The molecule has 0 aliphatic heterocycles. The van der Waals surface area contributed by atoms with Crippen molar-refractivity contribution < 1.29 is 43.1 Å². The second-order valence-corrected chi connectivity index (χ2v) is 10.3. The van der Waals surface area contributed by atoms with E-state index < -0.39 is 21.8 Å². The Kier molecular flexibility index (Phi) is 14.1. The summed E-state index contributed by atoms with van der Waals surface area (Å²) in [6.07, 6.45) is 1.27. The maximum Gasteiger partial charge on any atom is 0.399 e. The van der Waals surface area contributed by atoms with E-state index in [1.54, 1.807) is 0 Å². The Balaban J connectivity index is 4.62. The van der Waals surface area contributed by atoms with Crippen LogP contribution in [0.25, 0.3) is 0 Å². The van der Waals surface area contributed by atoms with Crippen LogP contribution in [-0.4, -0.2) is 115 Å². The van der Waals surface area contributed by atoms with Crippen LogP contribution in [0.2, 0.25) is 0 Å². The van der Waals surface area contributed by atoms with Crippen molar-refractivity contribution in [3.63, 3.8) is 0 Å². The van der Waals surface area contributed by atoms with Gasteiger partial charge in [-0.1, -0.05) is 0 Å². The van der Waals surface area contributed by atoms with Crippen LogP contribution in [-0.2, 0) is 43.3 Å². The highest BCUT2D eigenvalue weighted by Crippen LogP contribution is 2.09. The summed E-state index contributed by atoms with van der Waals surface area (Å²) in [7, 11) is 4.75. The van der Waals surface area contributed by atoms with Crippen molar-refractivity contribution in [1.82, 2.24) is 5.32 Å². The largest absolute Gasteiger partial charge is 0.399 e. The van der Waals surface area contributed by atoms with Gasteiger partial charge >= 0.3 is 21.8 Å². The lowest BCUT2D eigenvalue weighted by Crippen LogP contribution is -2.55. The van der Waals surface area contributed by atoms with Crippen molar-refractivity contribution in [3.05, 3.63) is 0 Å². The molecule has 2 atom stereocenters. The van der Waals surface area contributed by atoms with Gasteiger partial charge in [0.25, 0.3) is 0 Å². The number of hydrogen-bond acceptors (Lipinski definition) is 8. The molecule has 2 unspecified atom stereocenters. The van der Waals surface area contributed by atoms with Crippen molar-refractivity contribution in [2.24, 2.45) is 0 Å². The van der Waals surface area contributed by atoms with Gasteiger partial charge in [0.05, 0.1) is 74.8 Å². The second kappa shape index (κ2) is 14.4. The average molecular weight is 478 g/mol. The van der Waals surface area contributed by atoms with Crippen LogP contribution in [0.5, 0.6) is 0 Å². The molecule has 180 valence electrons. The fourth-order valence-electron chi connectivity index (χ4n) is 2.78. The summed E-state index contributed by atoms with van der Waals surface area (Å²) in [5.74, 6) is -0.0671. The van der Waals surface area contributed by atoms with Crippen molar-refractivity contribution in [2.45, 2.75) is 19.8 Å². The number of nitrogens with zero attached hydrogens (tertiary/aromatic N) is 2. The lowest BCUT2D eigenvalue weighted by atomic mass is 10.2. The van der Waals surface area contributed by atoms with Gasteiger partial charge in [0.15, 0.2) is 0 Å². The SMILES string of the molecule is COS(=O)OCCC[N+](C)(CCNC(C)=O)CC[N+](C)(C)CCCOS(=O)(=O)OC. The Morgan fingerprint density at radius 2 is 1.60 bits per heavy atom. The fraction of sp³-hybridized carbons (Fsp3) is 0.941. The van der Waals surface area contributed by atoms with E-state index in [9.17, 15) is 17.4 Å². The molecular weight excluding hydrogens is 438 g/mol. The molecule has 0 aromatic carbocycles. The minimum Gasteiger partial charge on any atom is -0.351 e. The third-order valence-electron chi connectivity index (χ3n) is 4.77. The summed E-state index contributed by atoms with van der Waals surface area (Å²) in [6, 6.07) is 0. The molecule has 13 heteroatoms. The number of carbonyl (C=O) groups excluding carboxylic acids is 1. The van der Waals surface area contributed by atoms with Crippen LogP contribution in [0.4, 0.5) is 0 Å². The molecule has 0 saturated carbocycles. The average Bonchev–Trinajstić information content (AvgIpc) is 2.67. The Hall–Kier alpha value is -0.670. The van der Waals surface area contributed by atoms with Crippen molar-refractivity contribution in [3.8, 4) is 0 Å². The first-order valence-electron chi connectivity index (χ1n) is 9.79. The molecule has 0 fully saturated rings. The maximum atomic E-state index is 11.2. The van der Waals surface area contributed by atoms with Gasteiger partial charge in [-0.2, -0.15) is 12.6 Å². The topological polar surface area (TPSA) is 117 Å². The Bertz CT molecular complexity index is 630. The Labute approximate surface area is 184 Å². The molecule has 11 nitrogen and oxygen atoms in total. The summed E-state index contributed by atoms with van der Waals surface area (Å²) in [5.41, 5.74) is 0. The molecule has 30 heavy (non-hydrogen) atoms. The van der Waals surface area contributed by atoms with E-state index in [-0.39, 0.29) is 12.5 Å². The van der Waals surface area contributed by atoms with Gasteiger partial charge in [0.2, 0.25) is 5.91 Å². The molecule has 0 aromatic rings. The van der Waals surface area contributed by atoms with Crippen LogP contribution in [0.3, 0.4) is 0 Å². The number of rotatable bonds is 18. The van der Waals surface area contributed by atoms with Crippen LogP contribution in [0, 0.1) is 0 Å². The highest BCUT2D eigenvalue weighted by atomic mass is 32.3. The molecule has 0 spiro atoms. The Morgan fingerprint density at radius 3 is 2.17 bits per heavy atom. The normalized spacial score (nSPS) is 15.5. The first-order chi connectivity index (χ1) is 13.8. The number of quaternary nitrogens is 2. The first-order valence-corrected chi connectivity index (χ1v) is 12.1. The van der Waals surface area contributed by atoms with Gasteiger partial charge in [0.1, 0.15) is 13.1 Å². The molecule has 0 aromatic heterocycles. The number of likely N-dealkylation sites (N-methyl/N-ethyl adjacent to an activating group) is 2. The molecule has 0 aliphatic carbocycles. The van der Waals surface area contributed by atoms with Crippen molar-refractivity contribution >= 4 is 27.7 Å². The third-order valence-corrected chi connectivity index (χ3v) is 6.26. The molecule has 0 radical (unpaired) electrons. The van der Waals surface area contributed by atoms with Crippen molar-refractivity contribution in [2.75, 3.05) is 87.8 Å². The number of hydrogen-bond donors (Lipinski definition) is 1. The van der Waals surface area contributed by atoms with E-state index in [1.807, 2.05) is 0 Å². The summed E-state index contributed by atoms with van der Waals surface area (Å²) in [4.78, 5) is 11.2. The van der Waals surface area contributed by atoms with Crippen LogP contribution < -0.4 is 5.32 Å². The monoisotopic (exact) mass is 477 g/mol. The highest BCUT2D eigenvalue weighted by molar-refractivity contribution is 7.81.